The Kier molecular flexibility index (Phi) is 5.48. The highest BCUT2D eigenvalue weighted by molar-refractivity contribution is 5.97. The van der Waals surface area contributed by atoms with E-state index in [2.05, 4.69) is 4.98 Å². The van der Waals surface area contributed by atoms with Crippen molar-refractivity contribution in [3.8, 4) is 5.75 Å². The van der Waals surface area contributed by atoms with Gasteiger partial charge in [-0.25, -0.2) is 0 Å². The van der Waals surface area contributed by atoms with Crippen molar-refractivity contribution in [1.82, 2.24) is 9.88 Å². The minimum absolute atomic E-state index is 0.0142. The number of pyridine rings is 1. The summed E-state index contributed by atoms with van der Waals surface area (Å²) >= 11 is 0. The number of carbonyl (C=O) groups is 2. The van der Waals surface area contributed by atoms with E-state index >= 15 is 0 Å². The van der Waals surface area contributed by atoms with E-state index < -0.39 is 17.1 Å². The highest BCUT2D eigenvalue weighted by Crippen LogP contribution is 2.55. The van der Waals surface area contributed by atoms with Crippen LogP contribution in [0.2, 0.25) is 0 Å². The molecule has 1 amide bonds. The minimum Gasteiger partial charge on any atom is -0.487 e. The number of amides is 1. The maximum atomic E-state index is 13.8. The average molecular weight is 487 g/mol. The molecule has 4 atom stereocenters. The number of hydrogen-bond donors (Lipinski definition) is 1. The average Bonchev–Trinajstić information content (AvgIpc) is 3.29. The number of aromatic nitrogens is 1. The summed E-state index contributed by atoms with van der Waals surface area (Å²) in [5.74, 6) is -0.201. The molecule has 186 valence electrons. The normalized spacial score (nSPS) is 29.0. The highest BCUT2D eigenvalue weighted by Gasteiger charge is 2.57. The van der Waals surface area contributed by atoms with Crippen molar-refractivity contribution in [3.63, 3.8) is 0 Å². The van der Waals surface area contributed by atoms with Gasteiger partial charge in [-0.2, -0.15) is 0 Å². The number of ether oxygens (including phenoxy) is 2. The van der Waals surface area contributed by atoms with Crippen LogP contribution in [-0.2, 0) is 9.53 Å². The predicted octanol–water partition coefficient (Wildman–Crippen LogP) is 5.00. The summed E-state index contributed by atoms with van der Waals surface area (Å²) in [6.07, 6.45) is 4.31. The Morgan fingerprint density at radius 1 is 1.17 bits per heavy atom. The molecule has 7 heteroatoms. The van der Waals surface area contributed by atoms with E-state index in [0.717, 1.165) is 35.1 Å². The topological polar surface area (TPSA) is 89.0 Å². The predicted molar refractivity (Wildman–Crippen MR) is 134 cm³/mol. The molecule has 6 rings (SSSR count). The molecule has 1 aromatic heterocycles. The lowest BCUT2D eigenvalue weighted by atomic mass is 9.68. The van der Waals surface area contributed by atoms with Gasteiger partial charge in [-0.3, -0.25) is 14.6 Å². The molecule has 2 fully saturated rings. The Bertz CT molecular complexity index is 1340. The number of aliphatic carboxylic acids is 1. The second-order valence-electron chi connectivity index (χ2n) is 10.6. The smallest absolute Gasteiger partial charge is 0.303 e. The number of carboxylic acid groups (broad SMARTS) is 1. The maximum Gasteiger partial charge on any atom is 0.303 e. The fraction of sp³-hybridized carbons (Fsp3) is 0.414. The van der Waals surface area contributed by atoms with Gasteiger partial charge in [0, 0.05) is 36.0 Å². The second kappa shape index (κ2) is 8.59. The van der Waals surface area contributed by atoms with Gasteiger partial charge in [0.25, 0.3) is 5.91 Å². The van der Waals surface area contributed by atoms with Gasteiger partial charge >= 0.3 is 5.97 Å². The van der Waals surface area contributed by atoms with E-state index in [1.807, 2.05) is 66.4 Å². The van der Waals surface area contributed by atoms with Crippen LogP contribution in [-0.4, -0.2) is 51.2 Å². The van der Waals surface area contributed by atoms with E-state index in [-0.39, 0.29) is 24.3 Å². The van der Waals surface area contributed by atoms with Crippen LogP contribution in [0.1, 0.15) is 61.1 Å². The molecule has 3 aromatic rings. The van der Waals surface area contributed by atoms with Crippen LogP contribution >= 0.6 is 0 Å². The molecular formula is C29H30N2O5. The number of likely N-dealkylation sites (tertiary alicyclic amines) is 1. The highest BCUT2D eigenvalue weighted by atomic mass is 16.5. The molecule has 0 aliphatic carbocycles. The van der Waals surface area contributed by atoms with Crippen LogP contribution in [0.5, 0.6) is 5.75 Å². The lowest BCUT2D eigenvalue weighted by Gasteiger charge is -2.54. The summed E-state index contributed by atoms with van der Waals surface area (Å²) in [5.41, 5.74) is 1.27. The Hall–Kier alpha value is -3.45. The SMILES string of the molecule is C[C@@]1(CCC(=O)O)Oc2ccccc2[C@@H]2OC[C@]3(CCCN3C(=O)c3cnc4ccccc4c3)C[C@H]21. The number of para-hydroxylation sites is 2. The van der Waals surface area contributed by atoms with Gasteiger partial charge in [-0.15, -0.1) is 0 Å². The molecule has 36 heavy (non-hydrogen) atoms. The fourth-order valence-electron chi connectivity index (χ4n) is 6.47. The van der Waals surface area contributed by atoms with Crippen LogP contribution in [0.3, 0.4) is 0 Å². The van der Waals surface area contributed by atoms with Gasteiger partial charge in [0.1, 0.15) is 11.4 Å². The first kappa shape index (κ1) is 23.0. The molecule has 2 saturated heterocycles. The summed E-state index contributed by atoms with van der Waals surface area (Å²) in [6, 6.07) is 17.6. The molecule has 1 N–H and O–H groups in total. The van der Waals surface area contributed by atoms with Gasteiger partial charge in [-0.1, -0.05) is 36.4 Å². The zero-order valence-corrected chi connectivity index (χ0v) is 20.4. The molecule has 7 nitrogen and oxygen atoms in total. The van der Waals surface area contributed by atoms with Crippen molar-refractivity contribution in [2.45, 2.75) is 56.3 Å². The number of carbonyl (C=O) groups excluding carboxylic acids is 1. The molecule has 0 unspecified atom stereocenters. The Labute approximate surface area is 210 Å². The molecule has 0 bridgehead atoms. The minimum atomic E-state index is -0.844. The first-order valence-corrected chi connectivity index (χ1v) is 12.7. The van der Waals surface area contributed by atoms with Crippen LogP contribution in [0, 0.1) is 5.92 Å². The molecule has 2 aromatic carbocycles. The van der Waals surface area contributed by atoms with Gasteiger partial charge < -0.3 is 19.5 Å². The van der Waals surface area contributed by atoms with Crippen molar-refractivity contribution in [1.29, 1.82) is 0 Å². The molecule has 4 heterocycles. The Balaban J connectivity index is 1.34. The summed E-state index contributed by atoms with van der Waals surface area (Å²) in [5, 5.41) is 10.4. The second-order valence-corrected chi connectivity index (χ2v) is 10.6. The first-order chi connectivity index (χ1) is 17.4. The Morgan fingerprint density at radius 2 is 1.97 bits per heavy atom. The third-order valence-electron chi connectivity index (χ3n) is 8.36. The molecule has 3 aliphatic heterocycles. The molecule has 0 radical (unpaired) electrons. The van der Waals surface area contributed by atoms with Crippen molar-refractivity contribution in [3.05, 3.63) is 71.9 Å². The number of hydrogen-bond acceptors (Lipinski definition) is 5. The number of carboxylic acids is 1. The summed E-state index contributed by atoms with van der Waals surface area (Å²) in [4.78, 5) is 31.8. The number of fused-ring (bicyclic) bond motifs is 4. The van der Waals surface area contributed by atoms with Crippen molar-refractivity contribution in [2.75, 3.05) is 13.2 Å². The number of benzene rings is 2. The molecule has 3 aliphatic rings. The lowest BCUT2D eigenvalue weighted by molar-refractivity contribution is -0.169. The largest absolute Gasteiger partial charge is 0.487 e. The van der Waals surface area contributed by atoms with Crippen LogP contribution in [0.25, 0.3) is 10.9 Å². The summed E-state index contributed by atoms with van der Waals surface area (Å²) in [7, 11) is 0. The van der Waals surface area contributed by atoms with Crippen LogP contribution in [0.4, 0.5) is 0 Å². The third-order valence-corrected chi connectivity index (χ3v) is 8.36. The van der Waals surface area contributed by atoms with Crippen LogP contribution in [0.15, 0.2) is 60.8 Å². The zero-order chi connectivity index (χ0) is 24.9. The van der Waals surface area contributed by atoms with Gasteiger partial charge in [0.15, 0.2) is 0 Å². The van der Waals surface area contributed by atoms with E-state index in [0.29, 0.717) is 31.6 Å². The first-order valence-electron chi connectivity index (χ1n) is 12.7. The van der Waals surface area contributed by atoms with E-state index in [9.17, 15) is 14.7 Å². The molecule has 1 spiro atoms. The van der Waals surface area contributed by atoms with Crippen molar-refractivity contribution >= 4 is 22.8 Å². The quantitative estimate of drug-likeness (QED) is 0.558. The standard InChI is InChI=1S/C29H30N2O5/c1-28(13-11-25(32)33)22-16-29(18-35-26(22)21-8-3-5-10-24(21)36-28)12-6-14-31(29)27(34)20-15-19-7-2-4-9-23(19)30-17-20/h2-5,7-10,15,17,22,26H,6,11-14,16,18H2,1H3,(H,32,33)/t22-,26+,28+,29+/m1/s1. The van der Waals surface area contributed by atoms with Gasteiger partial charge in [-0.05, 0) is 50.8 Å². The summed E-state index contributed by atoms with van der Waals surface area (Å²) in [6.45, 7) is 3.11. The van der Waals surface area contributed by atoms with E-state index in [1.54, 1.807) is 6.20 Å². The monoisotopic (exact) mass is 486 g/mol. The van der Waals surface area contributed by atoms with Crippen molar-refractivity contribution in [2.24, 2.45) is 5.92 Å². The van der Waals surface area contributed by atoms with E-state index in [4.69, 9.17) is 9.47 Å². The van der Waals surface area contributed by atoms with Crippen LogP contribution < -0.4 is 4.74 Å². The number of rotatable bonds is 4. The fourth-order valence-corrected chi connectivity index (χ4v) is 6.47. The van der Waals surface area contributed by atoms with Crippen molar-refractivity contribution < 1.29 is 24.2 Å². The zero-order valence-electron chi connectivity index (χ0n) is 20.4. The summed E-state index contributed by atoms with van der Waals surface area (Å²) < 4.78 is 13.1. The molecular weight excluding hydrogens is 456 g/mol. The van der Waals surface area contributed by atoms with E-state index in [1.165, 1.54) is 0 Å². The third kappa shape index (κ3) is 3.73. The molecule has 0 saturated carbocycles. The Morgan fingerprint density at radius 3 is 2.83 bits per heavy atom. The lowest BCUT2D eigenvalue weighted by Crippen LogP contribution is -2.60. The number of nitrogens with zero attached hydrogens (tertiary/aromatic N) is 2. The maximum absolute atomic E-state index is 13.8. The van der Waals surface area contributed by atoms with Gasteiger partial charge in [0.05, 0.1) is 29.3 Å². The van der Waals surface area contributed by atoms with Gasteiger partial charge in [0.2, 0.25) is 0 Å².